The van der Waals surface area contributed by atoms with Crippen molar-refractivity contribution < 1.29 is 19.1 Å². The zero-order valence-corrected chi connectivity index (χ0v) is 20.8. The molecule has 0 spiro atoms. The van der Waals surface area contributed by atoms with Gasteiger partial charge in [-0.1, -0.05) is 65.1 Å². The van der Waals surface area contributed by atoms with Crippen LogP contribution >= 0.6 is 46.6 Å². The molecule has 4 rings (SSSR count). The maximum absolute atomic E-state index is 12.9. The average Bonchev–Trinajstić information content (AvgIpc) is 3.07. The Balaban J connectivity index is 1.48. The third-order valence-corrected chi connectivity index (χ3v) is 6.48. The molecule has 5 nitrogen and oxygen atoms in total. The largest absolute Gasteiger partial charge is 0.492 e. The highest BCUT2D eigenvalue weighted by atomic mass is 35.5. The Morgan fingerprint density at radius 1 is 0.882 bits per heavy atom. The monoisotopic (exact) mass is 533 g/mol. The molecule has 1 aliphatic heterocycles. The number of nitrogens with zero attached hydrogens (tertiary/aromatic N) is 1. The number of rotatable bonds is 8. The summed E-state index contributed by atoms with van der Waals surface area (Å²) < 4.78 is 11.6. The van der Waals surface area contributed by atoms with Gasteiger partial charge in [0.05, 0.1) is 16.5 Å². The van der Waals surface area contributed by atoms with Crippen molar-refractivity contribution in [3.63, 3.8) is 0 Å². The van der Waals surface area contributed by atoms with Crippen molar-refractivity contribution in [2.75, 3.05) is 13.2 Å². The molecule has 0 bridgehead atoms. The molecular weight excluding hydrogens is 517 g/mol. The Morgan fingerprint density at radius 3 is 2.35 bits per heavy atom. The number of amides is 2. The predicted molar refractivity (Wildman–Crippen MR) is 137 cm³/mol. The number of benzene rings is 3. The zero-order valence-electron chi connectivity index (χ0n) is 17.7. The minimum Gasteiger partial charge on any atom is -0.492 e. The molecule has 0 aliphatic carbocycles. The van der Waals surface area contributed by atoms with Crippen LogP contribution in [0.3, 0.4) is 0 Å². The van der Waals surface area contributed by atoms with Gasteiger partial charge in [0.25, 0.3) is 11.1 Å². The molecule has 3 aromatic rings. The second-order valence-electron chi connectivity index (χ2n) is 7.22. The van der Waals surface area contributed by atoms with Crippen molar-refractivity contribution >= 4 is 63.8 Å². The third kappa shape index (κ3) is 6.07. The first-order valence-corrected chi connectivity index (χ1v) is 12.2. The first kappa shape index (κ1) is 24.5. The summed E-state index contributed by atoms with van der Waals surface area (Å²) in [5.41, 5.74) is 1.47. The van der Waals surface area contributed by atoms with E-state index in [0.717, 1.165) is 22.2 Å². The van der Waals surface area contributed by atoms with Gasteiger partial charge in [-0.2, -0.15) is 0 Å². The van der Waals surface area contributed by atoms with Gasteiger partial charge in [-0.3, -0.25) is 14.5 Å². The van der Waals surface area contributed by atoms with Gasteiger partial charge >= 0.3 is 0 Å². The number of hydrogen-bond donors (Lipinski definition) is 0. The number of halogens is 3. The van der Waals surface area contributed by atoms with Gasteiger partial charge in [0, 0.05) is 15.6 Å². The fourth-order valence-electron chi connectivity index (χ4n) is 3.19. The summed E-state index contributed by atoms with van der Waals surface area (Å²) in [7, 11) is 0. The quantitative estimate of drug-likeness (QED) is 0.283. The summed E-state index contributed by atoms with van der Waals surface area (Å²) in [5, 5.41) is 0.914. The summed E-state index contributed by atoms with van der Waals surface area (Å²) in [4.78, 5) is 26.8. The Labute approximate surface area is 216 Å². The lowest BCUT2D eigenvalue weighted by molar-refractivity contribution is -0.123. The Bertz CT molecular complexity index is 1230. The van der Waals surface area contributed by atoms with Crippen molar-refractivity contribution in [2.45, 2.75) is 6.61 Å². The smallest absolute Gasteiger partial charge is 0.293 e. The van der Waals surface area contributed by atoms with E-state index in [2.05, 4.69) is 0 Å². The van der Waals surface area contributed by atoms with Crippen LogP contribution in [-0.2, 0) is 11.4 Å². The van der Waals surface area contributed by atoms with Crippen molar-refractivity contribution in [1.29, 1.82) is 0 Å². The minimum absolute atomic E-state index is 0.109. The molecule has 1 heterocycles. The summed E-state index contributed by atoms with van der Waals surface area (Å²) in [5.74, 6) is 0.563. The van der Waals surface area contributed by atoms with Crippen LogP contribution < -0.4 is 9.47 Å². The van der Waals surface area contributed by atoms with Crippen molar-refractivity contribution in [3.05, 3.63) is 97.8 Å². The minimum atomic E-state index is -0.417. The average molecular weight is 535 g/mol. The SMILES string of the molecule is O=C1S/C(=C\c2cc(Cl)cc(Cl)c2OCc2ccccc2)C(=O)N1CCOc1ccc(Cl)cc1. The molecule has 2 amide bonds. The maximum Gasteiger partial charge on any atom is 0.293 e. The number of hydrogen-bond acceptors (Lipinski definition) is 5. The summed E-state index contributed by atoms with van der Waals surface area (Å²) in [6.07, 6.45) is 1.57. The van der Waals surface area contributed by atoms with Gasteiger partial charge < -0.3 is 9.47 Å². The summed E-state index contributed by atoms with van der Waals surface area (Å²) in [6, 6.07) is 19.7. The fourth-order valence-corrected chi connectivity index (χ4v) is 4.73. The molecule has 1 aliphatic rings. The van der Waals surface area contributed by atoms with Gasteiger partial charge in [-0.25, -0.2) is 0 Å². The van der Waals surface area contributed by atoms with E-state index < -0.39 is 5.91 Å². The van der Waals surface area contributed by atoms with E-state index in [1.807, 2.05) is 30.3 Å². The zero-order chi connectivity index (χ0) is 24.1. The Hall–Kier alpha value is -2.64. The van der Waals surface area contributed by atoms with E-state index >= 15 is 0 Å². The maximum atomic E-state index is 12.9. The second-order valence-corrected chi connectivity index (χ2v) is 9.49. The number of imide groups is 1. The highest BCUT2D eigenvalue weighted by molar-refractivity contribution is 8.18. The number of thioether (sulfide) groups is 1. The van der Waals surface area contributed by atoms with E-state index in [-0.39, 0.29) is 29.9 Å². The standard InChI is InChI=1S/C25H18Cl3NO4S/c26-18-6-8-20(9-7-18)32-11-10-29-24(30)22(34-25(29)31)13-17-12-19(27)14-21(28)23(17)33-15-16-4-2-1-3-5-16/h1-9,12-14H,10-11,15H2/b22-13-. The van der Waals surface area contributed by atoms with Crippen LogP contribution in [0.2, 0.25) is 15.1 Å². The Morgan fingerprint density at radius 2 is 1.62 bits per heavy atom. The molecule has 0 saturated carbocycles. The highest BCUT2D eigenvalue weighted by Gasteiger charge is 2.35. The Kier molecular flexibility index (Phi) is 8.06. The molecule has 0 radical (unpaired) electrons. The van der Waals surface area contributed by atoms with E-state index in [1.54, 1.807) is 42.5 Å². The predicted octanol–water partition coefficient (Wildman–Crippen LogP) is 7.34. The van der Waals surface area contributed by atoms with Gasteiger partial charge in [-0.15, -0.1) is 0 Å². The number of carbonyl (C=O) groups excluding carboxylic acids is 2. The van der Waals surface area contributed by atoms with E-state index in [1.165, 1.54) is 0 Å². The fraction of sp³-hybridized carbons (Fsp3) is 0.120. The highest BCUT2D eigenvalue weighted by Crippen LogP contribution is 2.38. The molecule has 34 heavy (non-hydrogen) atoms. The lowest BCUT2D eigenvalue weighted by Crippen LogP contribution is -2.32. The van der Waals surface area contributed by atoms with Crippen LogP contribution in [0, 0.1) is 0 Å². The van der Waals surface area contributed by atoms with Crippen molar-refractivity contribution in [2.24, 2.45) is 0 Å². The first-order valence-electron chi connectivity index (χ1n) is 10.2. The molecule has 174 valence electrons. The molecule has 0 unspecified atom stereocenters. The van der Waals surface area contributed by atoms with Gasteiger partial charge in [-0.05, 0) is 59.8 Å². The van der Waals surface area contributed by atoms with E-state index in [0.29, 0.717) is 32.1 Å². The molecule has 1 saturated heterocycles. The van der Waals surface area contributed by atoms with E-state index in [4.69, 9.17) is 44.3 Å². The van der Waals surface area contributed by atoms with Crippen LogP contribution in [0.4, 0.5) is 4.79 Å². The summed E-state index contributed by atoms with van der Waals surface area (Å²) in [6.45, 7) is 0.548. The molecule has 9 heteroatoms. The molecule has 3 aromatic carbocycles. The number of carbonyl (C=O) groups is 2. The molecule has 0 N–H and O–H groups in total. The topological polar surface area (TPSA) is 55.8 Å². The van der Waals surface area contributed by atoms with Gasteiger partial charge in [0.2, 0.25) is 0 Å². The van der Waals surface area contributed by atoms with Crippen LogP contribution in [0.25, 0.3) is 6.08 Å². The molecule has 1 fully saturated rings. The van der Waals surface area contributed by atoms with Gasteiger partial charge in [0.15, 0.2) is 0 Å². The third-order valence-electron chi connectivity index (χ3n) is 4.82. The molecular formula is C25H18Cl3NO4S. The van der Waals surface area contributed by atoms with Crippen molar-refractivity contribution in [1.82, 2.24) is 4.90 Å². The lowest BCUT2D eigenvalue weighted by atomic mass is 10.1. The van der Waals surface area contributed by atoms with Gasteiger partial charge in [0.1, 0.15) is 24.7 Å². The first-order chi connectivity index (χ1) is 16.4. The van der Waals surface area contributed by atoms with Crippen molar-refractivity contribution in [3.8, 4) is 11.5 Å². The molecule has 0 atom stereocenters. The summed E-state index contributed by atoms with van der Waals surface area (Å²) >= 11 is 19.3. The van der Waals surface area contributed by atoms with Crippen LogP contribution in [0.15, 0.2) is 71.6 Å². The second kappa shape index (κ2) is 11.2. The van der Waals surface area contributed by atoms with Crippen LogP contribution in [0.1, 0.15) is 11.1 Å². The number of ether oxygens (including phenoxy) is 2. The lowest BCUT2D eigenvalue weighted by Gasteiger charge is -2.14. The van der Waals surface area contributed by atoms with E-state index in [9.17, 15) is 9.59 Å². The van der Waals surface area contributed by atoms with Crippen LogP contribution in [0.5, 0.6) is 11.5 Å². The molecule has 0 aromatic heterocycles. The normalized spacial score (nSPS) is 14.7. The van der Waals surface area contributed by atoms with Crippen LogP contribution in [-0.4, -0.2) is 29.2 Å².